The zero-order chi connectivity index (χ0) is 19.3. The van der Waals surface area contributed by atoms with E-state index >= 15 is 0 Å². The van der Waals surface area contributed by atoms with Gasteiger partial charge in [0.1, 0.15) is 0 Å². The molecule has 4 rings (SSSR count). The van der Waals surface area contributed by atoms with Gasteiger partial charge in [-0.2, -0.15) is 0 Å². The molecular weight excluding hydrogens is 344 g/mol. The van der Waals surface area contributed by atoms with E-state index in [-0.39, 0.29) is 11.9 Å². The molecule has 1 saturated heterocycles. The Bertz CT molecular complexity index is 934. The first-order valence-electron chi connectivity index (χ1n) is 10.0. The van der Waals surface area contributed by atoms with E-state index in [1.54, 1.807) is 0 Å². The molecule has 3 heteroatoms. The third kappa shape index (κ3) is 4.30. The zero-order valence-electron chi connectivity index (χ0n) is 16.3. The van der Waals surface area contributed by atoms with Gasteiger partial charge in [-0.25, -0.2) is 0 Å². The van der Waals surface area contributed by atoms with Crippen molar-refractivity contribution in [3.63, 3.8) is 0 Å². The van der Waals surface area contributed by atoms with E-state index in [1.165, 1.54) is 11.1 Å². The van der Waals surface area contributed by atoms with Crippen LogP contribution in [-0.4, -0.2) is 22.3 Å². The molecule has 0 saturated carbocycles. The molecule has 1 aliphatic rings. The van der Waals surface area contributed by atoms with E-state index in [9.17, 15) is 4.79 Å². The van der Waals surface area contributed by atoms with E-state index < -0.39 is 0 Å². The first-order chi connectivity index (χ1) is 13.7. The first kappa shape index (κ1) is 18.4. The molecule has 0 spiro atoms. The molecule has 3 nitrogen and oxygen atoms in total. The number of carbonyl (C=O) groups excluding carboxylic acids is 1. The summed E-state index contributed by atoms with van der Waals surface area (Å²) in [6.45, 7) is 2.92. The molecule has 0 aliphatic carbocycles. The molecule has 0 radical (unpaired) electrons. The number of likely N-dealkylation sites (tertiary alicyclic amines) is 1. The van der Waals surface area contributed by atoms with Gasteiger partial charge in [0.2, 0.25) is 5.91 Å². The molecular formula is C25H26N2O. The summed E-state index contributed by atoms with van der Waals surface area (Å²) in [6, 6.07) is 24.9. The number of hydrogen-bond donors (Lipinski definition) is 0. The molecule has 28 heavy (non-hydrogen) atoms. The van der Waals surface area contributed by atoms with Crippen LogP contribution in [0.15, 0.2) is 72.8 Å². The van der Waals surface area contributed by atoms with Crippen LogP contribution >= 0.6 is 0 Å². The fraction of sp³-hybridized carbons (Fsp3) is 0.280. The van der Waals surface area contributed by atoms with E-state index in [0.717, 1.165) is 42.8 Å². The lowest BCUT2D eigenvalue weighted by molar-refractivity contribution is -0.131. The van der Waals surface area contributed by atoms with Gasteiger partial charge in [-0.3, -0.25) is 9.78 Å². The Morgan fingerprint density at radius 1 is 0.964 bits per heavy atom. The van der Waals surface area contributed by atoms with Crippen LogP contribution in [-0.2, 0) is 17.6 Å². The van der Waals surface area contributed by atoms with Crippen molar-refractivity contribution in [3.05, 3.63) is 101 Å². The van der Waals surface area contributed by atoms with Gasteiger partial charge < -0.3 is 4.90 Å². The highest BCUT2D eigenvalue weighted by molar-refractivity contribution is 5.79. The lowest BCUT2D eigenvalue weighted by Gasteiger charge is -2.25. The quantitative estimate of drug-likeness (QED) is 0.641. The van der Waals surface area contributed by atoms with Crippen LogP contribution in [0.5, 0.6) is 0 Å². The van der Waals surface area contributed by atoms with Gasteiger partial charge in [-0.15, -0.1) is 0 Å². The molecule has 1 amide bonds. The second-order valence-corrected chi connectivity index (χ2v) is 7.62. The van der Waals surface area contributed by atoms with Gasteiger partial charge in [-0.05, 0) is 43.0 Å². The third-order valence-corrected chi connectivity index (χ3v) is 5.45. The smallest absolute Gasteiger partial charge is 0.227 e. The lowest BCUT2D eigenvalue weighted by atomic mass is 10.1. The zero-order valence-corrected chi connectivity index (χ0v) is 16.3. The summed E-state index contributed by atoms with van der Waals surface area (Å²) in [6.07, 6.45) is 3.30. The van der Waals surface area contributed by atoms with Crippen molar-refractivity contribution in [2.24, 2.45) is 0 Å². The average molecular weight is 370 g/mol. The van der Waals surface area contributed by atoms with Gasteiger partial charge in [0, 0.05) is 18.7 Å². The molecule has 2 heterocycles. The van der Waals surface area contributed by atoms with Crippen LogP contribution in [0.3, 0.4) is 0 Å². The summed E-state index contributed by atoms with van der Waals surface area (Å²) in [5.41, 5.74) is 5.68. The molecule has 142 valence electrons. The Kier molecular flexibility index (Phi) is 5.52. The molecule has 1 aliphatic heterocycles. The molecule has 2 aromatic carbocycles. The highest BCUT2D eigenvalue weighted by atomic mass is 16.2. The van der Waals surface area contributed by atoms with Crippen LogP contribution < -0.4 is 0 Å². The Morgan fingerprint density at radius 2 is 1.75 bits per heavy atom. The predicted molar refractivity (Wildman–Crippen MR) is 112 cm³/mol. The predicted octanol–water partition coefficient (Wildman–Crippen LogP) is 4.89. The van der Waals surface area contributed by atoms with Gasteiger partial charge in [0.05, 0.1) is 18.2 Å². The van der Waals surface area contributed by atoms with E-state index in [0.29, 0.717) is 6.42 Å². The number of carbonyl (C=O) groups is 1. The second-order valence-electron chi connectivity index (χ2n) is 7.62. The van der Waals surface area contributed by atoms with E-state index in [1.807, 2.05) is 35.2 Å². The highest BCUT2D eigenvalue weighted by Crippen LogP contribution is 2.31. The molecule has 3 aromatic rings. The number of pyridine rings is 1. The number of aryl methyl sites for hydroxylation is 1. The summed E-state index contributed by atoms with van der Waals surface area (Å²) in [5, 5.41) is 0. The fourth-order valence-electron chi connectivity index (χ4n) is 3.94. The van der Waals surface area contributed by atoms with Crippen molar-refractivity contribution < 1.29 is 4.79 Å². The Hall–Kier alpha value is -2.94. The summed E-state index contributed by atoms with van der Waals surface area (Å²) >= 11 is 0. The molecule has 1 atom stereocenters. The maximum atomic E-state index is 12.9. The SMILES string of the molecule is Cc1ccc(Cc2cccc([C@@H]3CCCN3C(=O)Cc3ccccc3)n2)cc1. The number of benzene rings is 2. The van der Waals surface area contributed by atoms with Crippen molar-refractivity contribution in [1.29, 1.82) is 0 Å². The minimum Gasteiger partial charge on any atom is -0.334 e. The van der Waals surface area contributed by atoms with Gasteiger partial charge in [0.25, 0.3) is 0 Å². The molecule has 0 N–H and O–H groups in total. The number of rotatable bonds is 5. The second kappa shape index (κ2) is 8.39. The van der Waals surface area contributed by atoms with Crippen molar-refractivity contribution in [3.8, 4) is 0 Å². The van der Waals surface area contributed by atoms with E-state index in [2.05, 4.69) is 49.4 Å². The first-order valence-corrected chi connectivity index (χ1v) is 10.0. The number of aromatic nitrogens is 1. The largest absolute Gasteiger partial charge is 0.334 e. The number of amides is 1. The van der Waals surface area contributed by atoms with Crippen molar-refractivity contribution >= 4 is 5.91 Å². The molecule has 1 fully saturated rings. The minimum absolute atomic E-state index is 0.0918. The van der Waals surface area contributed by atoms with Gasteiger partial charge in [-0.1, -0.05) is 66.2 Å². The maximum Gasteiger partial charge on any atom is 0.227 e. The van der Waals surface area contributed by atoms with Gasteiger partial charge in [0.15, 0.2) is 0 Å². The summed E-state index contributed by atoms with van der Waals surface area (Å²) in [4.78, 5) is 19.8. The van der Waals surface area contributed by atoms with Crippen LogP contribution in [0.25, 0.3) is 0 Å². The fourth-order valence-corrected chi connectivity index (χ4v) is 3.94. The van der Waals surface area contributed by atoms with Crippen LogP contribution in [0.4, 0.5) is 0 Å². The van der Waals surface area contributed by atoms with Crippen LogP contribution in [0.2, 0.25) is 0 Å². The number of hydrogen-bond acceptors (Lipinski definition) is 2. The summed E-state index contributed by atoms with van der Waals surface area (Å²) in [7, 11) is 0. The third-order valence-electron chi connectivity index (χ3n) is 5.45. The van der Waals surface area contributed by atoms with Crippen LogP contribution in [0.1, 0.15) is 47.0 Å². The topological polar surface area (TPSA) is 33.2 Å². The minimum atomic E-state index is 0.0918. The molecule has 0 bridgehead atoms. The average Bonchev–Trinajstić information content (AvgIpc) is 3.21. The Labute approximate surface area is 167 Å². The lowest BCUT2D eigenvalue weighted by Crippen LogP contribution is -2.32. The standard InChI is InChI=1S/C25H26N2O/c1-19-12-14-21(15-13-19)17-22-9-5-10-23(26-22)24-11-6-16-27(24)25(28)18-20-7-3-2-4-8-20/h2-5,7-10,12-15,24H,6,11,16-18H2,1H3/t24-/m0/s1. The van der Waals surface area contributed by atoms with Crippen molar-refractivity contribution in [2.45, 2.75) is 38.6 Å². The summed E-state index contributed by atoms with van der Waals surface area (Å²) in [5.74, 6) is 0.194. The highest BCUT2D eigenvalue weighted by Gasteiger charge is 2.30. The number of nitrogens with zero attached hydrogens (tertiary/aromatic N) is 2. The van der Waals surface area contributed by atoms with Crippen molar-refractivity contribution in [1.82, 2.24) is 9.88 Å². The van der Waals surface area contributed by atoms with Crippen molar-refractivity contribution in [2.75, 3.05) is 6.54 Å². The Morgan fingerprint density at radius 3 is 2.54 bits per heavy atom. The summed E-state index contributed by atoms with van der Waals surface area (Å²) < 4.78 is 0. The molecule has 0 unspecified atom stereocenters. The normalized spacial score (nSPS) is 16.3. The Balaban J connectivity index is 1.49. The monoisotopic (exact) mass is 370 g/mol. The molecule has 1 aromatic heterocycles. The van der Waals surface area contributed by atoms with Crippen LogP contribution in [0, 0.1) is 6.92 Å². The maximum absolute atomic E-state index is 12.9. The van der Waals surface area contributed by atoms with Gasteiger partial charge >= 0.3 is 0 Å². The van der Waals surface area contributed by atoms with E-state index in [4.69, 9.17) is 4.98 Å².